The van der Waals surface area contributed by atoms with E-state index in [1.807, 2.05) is 0 Å². The van der Waals surface area contributed by atoms with E-state index in [0.717, 1.165) is 30.6 Å². The van der Waals surface area contributed by atoms with E-state index in [-0.39, 0.29) is 5.91 Å². The van der Waals surface area contributed by atoms with Crippen LogP contribution in [0.4, 0.5) is 0 Å². The Morgan fingerprint density at radius 2 is 2.00 bits per heavy atom. The summed E-state index contributed by atoms with van der Waals surface area (Å²) in [5.74, 6) is 2.84. The molecule has 0 aromatic heterocycles. The van der Waals surface area contributed by atoms with E-state index < -0.39 is 0 Å². The second kappa shape index (κ2) is 6.48. The predicted octanol–water partition coefficient (Wildman–Crippen LogP) is 3.75. The van der Waals surface area contributed by atoms with Crippen LogP contribution in [0.5, 0.6) is 0 Å². The lowest BCUT2D eigenvalue weighted by molar-refractivity contribution is -0.121. The number of allylic oxidation sites excluding steroid dienone is 1. The van der Waals surface area contributed by atoms with Crippen LogP contribution in [-0.4, -0.2) is 36.5 Å². The molecule has 0 radical (unpaired) electrons. The molecule has 3 nitrogen and oxygen atoms in total. The van der Waals surface area contributed by atoms with Crippen molar-refractivity contribution in [2.45, 2.75) is 71.3 Å². The van der Waals surface area contributed by atoms with Crippen molar-refractivity contribution < 1.29 is 4.79 Å². The molecule has 1 heterocycles. The maximum Gasteiger partial charge on any atom is 0.220 e. The summed E-state index contributed by atoms with van der Waals surface area (Å²) in [5, 5.41) is 3.12. The van der Waals surface area contributed by atoms with E-state index in [0.29, 0.717) is 11.5 Å². The number of carbonyl (C=O) groups is 1. The Morgan fingerprint density at radius 3 is 2.62 bits per heavy atom. The molecular formula is C21H34N2O. The normalized spacial score (nSPS) is 32.8. The Kier molecular flexibility index (Phi) is 4.49. The van der Waals surface area contributed by atoms with Gasteiger partial charge >= 0.3 is 0 Å². The van der Waals surface area contributed by atoms with Crippen LogP contribution in [0.1, 0.15) is 65.2 Å². The van der Waals surface area contributed by atoms with Gasteiger partial charge in [0.25, 0.3) is 0 Å². The van der Waals surface area contributed by atoms with E-state index in [9.17, 15) is 4.79 Å². The van der Waals surface area contributed by atoms with Crippen molar-refractivity contribution in [2.24, 2.45) is 23.2 Å². The minimum Gasteiger partial charge on any atom is -0.353 e. The van der Waals surface area contributed by atoms with Gasteiger partial charge in [0.15, 0.2) is 0 Å². The first kappa shape index (κ1) is 16.6. The Labute approximate surface area is 147 Å². The van der Waals surface area contributed by atoms with Crippen molar-refractivity contribution >= 4 is 5.91 Å². The lowest BCUT2D eigenvalue weighted by atomic mass is 9.49. The number of piperidine rings is 1. The zero-order chi connectivity index (χ0) is 16.7. The van der Waals surface area contributed by atoms with Crippen molar-refractivity contribution in [3.63, 3.8) is 0 Å². The summed E-state index contributed by atoms with van der Waals surface area (Å²) in [4.78, 5) is 14.5. The molecule has 5 rings (SSSR count). The first-order chi connectivity index (χ1) is 11.5. The third-order valence-corrected chi connectivity index (χ3v) is 7.42. The van der Waals surface area contributed by atoms with Gasteiger partial charge < -0.3 is 5.32 Å². The number of amides is 1. The molecule has 0 unspecified atom stereocenters. The van der Waals surface area contributed by atoms with Crippen molar-refractivity contribution in [2.75, 3.05) is 19.6 Å². The fourth-order valence-corrected chi connectivity index (χ4v) is 5.21. The zero-order valence-corrected chi connectivity index (χ0v) is 15.5. The molecule has 24 heavy (non-hydrogen) atoms. The van der Waals surface area contributed by atoms with Gasteiger partial charge in [0.2, 0.25) is 5.91 Å². The standard InChI is InChI=1S/C21H34N2O/c1-21(2)17-5-4-16(19(21)13-17)14-23-11-9-15(10-12-23)3-8-20(24)22-18-6-7-18/h4,15,17-19H,3,5-14H2,1-2H3,(H,22,24)/t17-,19-/m0/s1. The minimum atomic E-state index is 0.286. The topological polar surface area (TPSA) is 32.3 Å². The summed E-state index contributed by atoms with van der Waals surface area (Å²) in [6.07, 6.45) is 12.1. The molecule has 2 atom stereocenters. The molecule has 5 aliphatic rings. The van der Waals surface area contributed by atoms with Gasteiger partial charge in [-0.2, -0.15) is 0 Å². The van der Waals surface area contributed by atoms with Crippen molar-refractivity contribution in [1.82, 2.24) is 10.2 Å². The van der Waals surface area contributed by atoms with Crippen LogP contribution >= 0.6 is 0 Å². The fraction of sp³-hybridized carbons (Fsp3) is 0.857. The quantitative estimate of drug-likeness (QED) is 0.752. The number of nitrogens with zero attached hydrogens (tertiary/aromatic N) is 1. The highest BCUT2D eigenvalue weighted by Gasteiger charge is 2.51. The summed E-state index contributed by atoms with van der Waals surface area (Å²) >= 11 is 0. The number of rotatable bonds is 6. The van der Waals surface area contributed by atoms with Crippen LogP contribution in [0.25, 0.3) is 0 Å². The number of hydrogen-bond acceptors (Lipinski definition) is 2. The number of nitrogens with one attached hydrogen (secondary N) is 1. The lowest BCUT2D eigenvalue weighted by Gasteiger charge is -2.57. The van der Waals surface area contributed by atoms with Crippen LogP contribution in [-0.2, 0) is 4.79 Å². The molecule has 0 spiro atoms. The molecule has 1 N–H and O–H groups in total. The van der Waals surface area contributed by atoms with Gasteiger partial charge in [-0.25, -0.2) is 0 Å². The smallest absolute Gasteiger partial charge is 0.220 e. The third kappa shape index (κ3) is 3.42. The van der Waals surface area contributed by atoms with Crippen LogP contribution < -0.4 is 5.32 Å². The van der Waals surface area contributed by atoms with Gasteiger partial charge in [-0.15, -0.1) is 0 Å². The Morgan fingerprint density at radius 1 is 1.25 bits per heavy atom. The number of carbonyl (C=O) groups excluding carboxylic acids is 1. The summed E-state index contributed by atoms with van der Waals surface area (Å²) in [6.45, 7) is 8.59. The molecule has 2 saturated carbocycles. The maximum absolute atomic E-state index is 11.8. The minimum absolute atomic E-state index is 0.286. The summed E-state index contributed by atoms with van der Waals surface area (Å²) in [7, 11) is 0. The van der Waals surface area contributed by atoms with Gasteiger partial charge in [-0.1, -0.05) is 25.5 Å². The molecule has 2 bridgehead atoms. The molecule has 0 aromatic carbocycles. The number of hydrogen-bond donors (Lipinski definition) is 1. The van der Waals surface area contributed by atoms with Crippen molar-refractivity contribution in [3.8, 4) is 0 Å². The molecule has 1 saturated heterocycles. The number of fused-ring (bicyclic) bond motifs is 1. The van der Waals surface area contributed by atoms with E-state index in [2.05, 4.69) is 30.1 Å². The van der Waals surface area contributed by atoms with E-state index in [1.165, 1.54) is 58.2 Å². The molecule has 3 heteroatoms. The van der Waals surface area contributed by atoms with E-state index in [4.69, 9.17) is 0 Å². The lowest BCUT2D eigenvalue weighted by Crippen LogP contribution is -2.50. The van der Waals surface area contributed by atoms with E-state index >= 15 is 0 Å². The predicted molar refractivity (Wildman–Crippen MR) is 97.6 cm³/mol. The maximum atomic E-state index is 11.8. The molecule has 0 aromatic rings. The molecule has 1 aliphatic heterocycles. The molecule has 1 amide bonds. The molecular weight excluding hydrogens is 296 g/mol. The highest BCUT2D eigenvalue weighted by Crippen LogP contribution is 2.59. The fourth-order valence-electron chi connectivity index (χ4n) is 5.21. The third-order valence-electron chi connectivity index (χ3n) is 7.42. The molecule has 3 fully saturated rings. The Bertz CT molecular complexity index is 512. The van der Waals surface area contributed by atoms with Gasteiger partial charge in [0, 0.05) is 19.0 Å². The van der Waals surface area contributed by atoms with Gasteiger partial charge in [-0.3, -0.25) is 9.69 Å². The summed E-state index contributed by atoms with van der Waals surface area (Å²) < 4.78 is 0. The second-order valence-electron chi connectivity index (χ2n) is 9.42. The van der Waals surface area contributed by atoms with Gasteiger partial charge in [0.1, 0.15) is 0 Å². The van der Waals surface area contributed by atoms with Crippen LogP contribution in [0.2, 0.25) is 0 Å². The first-order valence-electron chi connectivity index (χ1n) is 10.2. The van der Waals surface area contributed by atoms with Crippen molar-refractivity contribution in [3.05, 3.63) is 11.6 Å². The zero-order valence-electron chi connectivity index (χ0n) is 15.5. The van der Waals surface area contributed by atoms with Crippen LogP contribution in [0.3, 0.4) is 0 Å². The van der Waals surface area contributed by atoms with Gasteiger partial charge in [-0.05, 0) is 81.2 Å². The monoisotopic (exact) mass is 330 g/mol. The average molecular weight is 331 g/mol. The highest BCUT2D eigenvalue weighted by atomic mass is 16.1. The van der Waals surface area contributed by atoms with E-state index in [1.54, 1.807) is 5.57 Å². The highest BCUT2D eigenvalue weighted by molar-refractivity contribution is 5.76. The summed E-state index contributed by atoms with van der Waals surface area (Å²) in [5.41, 5.74) is 2.28. The SMILES string of the molecule is CC1(C)[C@H]2CC=C(CN3CCC(CCC(=O)NC4CC4)CC3)[C@@H]1C2. The van der Waals surface area contributed by atoms with Gasteiger partial charge in [0.05, 0.1) is 0 Å². The second-order valence-corrected chi connectivity index (χ2v) is 9.42. The number of likely N-dealkylation sites (tertiary alicyclic amines) is 1. The first-order valence-corrected chi connectivity index (χ1v) is 10.2. The van der Waals surface area contributed by atoms with Crippen LogP contribution in [0, 0.1) is 23.2 Å². The molecule has 134 valence electrons. The Balaban J connectivity index is 1.18. The average Bonchev–Trinajstić information content (AvgIpc) is 3.38. The largest absolute Gasteiger partial charge is 0.353 e. The van der Waals surface area contributed by atoms with Crippen LogP contribution in [0.15, 0.2) is 11.6 Å². The Hall–Kier alpha value is -0.830. The molecule has 4 aliphatic carbocycles. The van der Waals surface area contributed by atoms with Crippen molar-refractivity contribution in [1.29, 1.82) is 0 Å². The summed E-state index contributed by atoms with van der Waals surface area (Å²) in [6, 6.07) is 0.512.